The molecule has 1 aliphatic rings. The zero-order valence-electron chi connectivity index (χ0n) is 12.2. The van der Waals surface area contributed by atoms with Crippen molar-refractivity contribution < 1.29 is 9.18 Å². The Bertz CT molecular complexity index is 540. The second-order valence-corrected chi connectivity index (χ2v) is 6.31. The number of nitrogen functional groups attached to an aromatic ring is 1. The van der Waals surface area contributed by atoms with Gasteiger partial charge in [0.1, 0.15) is 5.82 Å². The van der Waals surface area contributed by atoms with Gasteiger partial charge in [-0.05, 0) is 42.2 Å². The van der Waals surface area contributed by atoms with E-state index in [4.69, 9.17) is 5.73 Å². The molecule has 21 heavy (non-hydrogen) atoms. The predicted molar refractivity (Wildman–Crippen MR) is 84.8 cm³/mol. The number of nitrogens with two attached hydrogens (primary N) is 1. The summed E-state index contributed by atoms with van der Waals surface area (Å²) in [5.74, 6) is -0.790. The first-order valence-electron chi connectivity index (χ1n) is 6.80. The normalized spacial score (nSPS) is 20.5. The van der Waals surface area contributed by atoms with Gasteiger partial charge in [-0.15, -0.1) is 0 Å². The minimum Gasteiger partial charge on any atom is -0.396 e. The van der Waals surface area contributed by atoms with Gasteiger partial charge in [-0.1, -0.05) is 0 Å². The molecule has 1 aromatic carbocycles. The summed E-state index contributed by atoms with van der Waals surface area (Å²) in [6.45, 7) is 3.46. The van der Waals surface area contributed by atoms with Crippen LogP contribution < -0.4 is 11.1 Å². The van der Waals surface area contributed by atoms with Crippen LogP contribution in [0.5, 0.6) is 0 Å². The number of nitrogens with zero attached hydrogens (tertiary/aromatic N) is 2. The number of hydrogen-bond acceptors (Lipinski definition) is 4. The number of anilines is 1. The predicted octanol–water partition coefficient (Wildman–Crippen LogP) is 1.15. The van der Waals surface area contributed by atoms with E-state index in [0.717, 1.165) is 19.6 Å². The number of piperazine rings is 1. The molecule has 1 aliphatic heterocycles. The smallest absolute Gasteiger partial charge is 0.252 e. The van der Waals surface area contributed by atoms with Gasteiger partial charge in [0, 0.05) is 36.7 Å². The molecule has 1 saturated heterocycles. The lowest BCUT2D eigenvalue weighted by Gasteiger charge is -2.37. The first-order valence-corrected chi connectivity index (χ1v) is 7.59. The van der Waals surface area contributed by atoms with Crippen LogP contribution in [0.2, 0.25) is 0 Å². The number of carbonyl (C=O) groups is 1. The van der Waals surface area contributed by atoms with Crippen LogP contribution in [0.3, 0.4) is 0 Å². The molecule has 1 fully saturated rings. The highest BCUT2D eigenvalue weighted by Gasteiger charge is 2.23. The van der Waals surface area contributed by atoms with E-state index in [-0.39, 0.29) is 17.6 Å². The molecule has 3 N–H and O–H groups in total. The highest BCUT2D eigenvalue weighted by molar-refractivity contribution is 9.10. The Morgan fingerprint density at radius 1 is 1.48 bits per heavy atom. The number of halogens is 2. The summed E-state index contributed by atoms with van der Waals surface area (Å²) in [4.78, 5) is 16.7. The van der Waals surface area contributed by atoms with Crippen molar-refractivity contribution in [2.24, 2.45) is 0 Å². The minimum absolute atomic E-state index is 0.0298. The van der Waals surface area contributed by atoms with Crippen LogP contribution in [0, 0.1) is 5.82 Å². The molecule has 1 amide bonds. The fourth-order valence-electron chi connectivity index (χ4n) is 2.37. The van der Waals surface area contributed by atoms with Crippen molar-refractivity contribution in [3.63, 3.8) is 0 Å². The van der Waals surface area contributed by atoms with Gasteiger partial charge in [0.15, 0.2) is 0 Å². The number of benzene rings is 1. The molecule has 1 aromatic rings. The van der Waals surface area contributed by atoms with Crippen molar-refractivity contribution in [2.75, 3.05) is 46.0 Å². The Hall–Kier alpha value is -1.18. The third-order valence-corrected chi connectivity index (χ3v) is 4.47. The molecule has 0 bridgehead atoms. The highest BCUT2D eigenvalue weighted by Crippen LogP contribution is 2.22. The van der Waals surface area contributed by atoms with Crippen LogP contribution in [0.15, 0.2) is 16.6 Å². The van der Waals surface area contributed by atoms with Crippen LogP contribution in [-0.2, 0) is 0 Å². The molecule has 1 heterocycles. The number of rotatable bonds is 3. The summed E-state index contributed by atoms with van der Waals surface area (Å²) in [6.07, 6.45) is 0. The molecular formula is C14H20BrFN4O. The summed E-state index contributed by atoms with van der Waals surface area (Å²) in [6, 6.07) is 2.83. The Kier molecular flexibility index (Phi) is 5.18. The Morgan fingerprint density at radius 2 is 2.19 bits per heavy atom. The average Bonchev–Trinajstić information content (AvgIpc) is 2.43. The van der Waals surface area contributed by atoms with E-state index < -0.39 is 5.82 Å². The van der Waals surface area contributed by atoms with Crippen molar-refractivity contribution >= 4 is 27.5 Å². The van der Waals surface area contributed by atoms with Crippen LogP contribution in [0.25, 0.3) is 0 Å². The standard InChI is InChI=1S/C14H20BrFN4O/c1-19-3-4-20(2)9(8-19)7-18-14(21)10-5-13(17)12(16)6-11(10)15/h5-6,9H,3-4,7-8,17H2,1-2H3,(H,18,21). The van der Waals surface area contributed by atoms with E-state index in [2.05, 4.69) is 45.1 Å². The lowest BCUT2D eigenvalue weighted by molar-refractivity contribution is 0.0880. The van der Waals surface area contributed by atoms with Gasteiger partial charge < -0.3 is 16.0 Å². The molecule has 7 heteroatoms. The monoisotopic (exact) mass is 358 g/mol. The SMILES string of the molecule is CN1CCN(C)C(CNC(=O)c2cc(N)c(F)cc2Br)C1. The highest BCUT2D eigenvalue weighted by atomic mass is 79.9. The van der Waals surface area contributed by atoms with E-state index in [1.165, 1.54) is 12.1 Å². The molecule has 0 aromatic heterocycles. The molecule has 1 atom stereocenters. The lowest BCUT2D eigenvalue weighted by Crippen LogP contribution is -2.54. The van der Waals surface area contributed by atoms with Crippen molar-refractivity contribution in [3.05, 3.63) is 28.0 Å². The molecule has 0 spiro atoms. The van der Waals surface area contributed by atoms with Gasteiger partial charge in [0.2, 0.25) is 0 Å². The number of hydrogen-bond donors (Lipinski definition) is 2. The molecule has 1 unspecified atom stereocenters. The topological polar surface area (TPSA) is 61.6 Å². The second-order valence-electron chi connectivity index (χ2n) is 5.46. The summed E-state index contributed by atoms with van der Waals surface area (Å²) >= 11 is 3.19. The van der Waals surface area contributed by atoms with E-state index >= 15 is 0 Å². The minimum atomic E-state index is -0.535. The average molecular weight is 359 g/mol. The number of carbonyl (C=O) groups excluding carboxylic acids is 1. The number of amides is 1. The molecule has 0 saturated carbocycles. The van der Waals surface area contributed by atoms with Crippen LogP contribution >= 0.6 is 15.9 Å². The molecule has 0 radical (unpaired) electrons. The quantitative estimate of drug-likeness (QED) is 0.795. The molecule has 2 rings (SSSR count). The van der Waals surface area contributed by atoms with Gasteiger partial charge >= 0.3 is 0 Å². The summed E-state index contributed by atoms with van der Waals surface area (Å²) in [7, 11) is 4.12. The zero-order valence-corrected chi connectivity index (χ0v) is 13.8. The fourth-order valence-corrected chi connectivity index (χ4v) is 2.86. The van der Waals surface area contributed by atoms with Crippen molar-refractivity contribution in [2.45, 2.75) is 6.04 Å². The van der Waals surface area contributed by atoms with E-state index in [0.29, 0.717) is 16.6 Å². The molecule has 5 nitrogen and oxygen atoms in total. The van der Waals surface area contributed by atoms with E-state index in [1.807, 2.05) is 0 Å². The molecule has 0 aliphatic carbocycles. The van der Waals surface area contributed by atoms with Crippen LogP contribution in [0.4, 0.5) is 10.1 Å². The van der Waals surface area contributed by atoms with Gasteiger partial charge in [-0.2, -0.15) is 0 Å². The summed E-state index contributed by atoms with van der Waals surface area (Å²) in [5.41, 5.74) is 5.83. The molecule has 116 valence electrons. The van der Waals surface area contributed by atoms with Crippen molar-refractivity contribution in [1.29, 1.82) is 0 Å². The van der Waals surface area contributed by atoms with Crippen molar-refractivity contribution in [1.82, 2.24) is 15.1 Å². The fraction of sp³-hybridized carbons (Fsp3) is 0.500. The lowest BCUT2D eigenvalue weighted by atomic mass is 10.1. The first kappa shape index (κ1) is 16.2. The second kappa shape index (κ2) is 6.72. The van der Waals surface area contributed by atoms with Crippen molar-refractivity contribution in [3.8, 4) is 0 Å². The summed E-state index contributed by atoms with van der Waals surface area (Å²) in [5, 5.41) is 2.89. The number of likely N-dealkylation sites (N-methyl/N-ethyl adjacent to an activating group) is 2. The Morgan fingerprint density at radius 3 is 2.90 bits per heavy atom. The first-order chi connectivity index (χ1) is 9.88. The Balaban J connectivity index is 2.00. The van der Waals surface area contributed by atoms with Gasteiger partial charge in [-0.25, -0.2) is 4.39 Å². The third kappa shape index (κ3) is 3.93. The largest absolute Gasteiger partial charge is 0.396 e. The van der Waals surface area contributed by atoms with Crippen LogP contribution in [-0.4, -0.2) is 62.0 Å². The van der Waals surface area contributed by atoms with Crippen LogP contribution in [0.1, 0.15) is 10.4 Å². The van der Waals surface area contributed by atoms with Gasteiger partial charge in [0.05, 0.1) is 11.3 Å². The van der Waals surface area contributed by atoms with Gasteiger partial charge in [-0.3, -0.25) is 9.69 Å². The van der Waals surface area contributed by atoms with Gasteiger partial charge in [0.25, 0.3) is 5.91 Å². The molecular weight excluding hydrogens is 339 g/mol. The summed E-state index contributed by atoms with van der Waals surface area (Å²) < 4.78 is 13.7. The zero-order chi connectivity index (χ0) is 15.6. The maximum atomic E-state index is 13.3. The maximum Gasteiger partial charge on any atom is 0.252 e. The Labute approximate surface area is 132 Å². The van der Waals surface area contributed by atoms with E-state index in [1.54, 1.807) is 0 Å². The number of nitrogens with one attached hydrogen (secondary N) is 1. The third-order valence-electron chi connectivity index (χ3n) is 3.81. The maximum absolute atomic E-state index is 13.3. The van der Waals surface area contributed by atoms with E-state index in [9.17, 15) is 9.18 Å².